The Morgan fingerprint density at radius 1 is 0.567 bits per heavy atom. The highest BCUT2D eigenvalue weighted by molar-refractivity contribution is 5.30. The second kappa shape index (κ2) is 14.8. The Morgan fingerprint density at radius 3 is 1.20 bits per heavy atom. The molecule has 8 heteroatoms. The van der Waals surface area contributed by atoms with Gasteiger partial charge in [-0.15, -0.1) is 0 Å². The van der Waals surface area contributed by atoms with Crippen molar-refractivity contribution in [1.29, 1.82) is 0 Å². The Bertz CT molecular complexity index is 496. The Hall–Kier alpha value is -1.10. The molecule has 0 aliphatic rings. The number of rotatable bonds is 18. The van der Waals surface area contributed by atoms with Crippen LogP contribution in [0.2, 0.25) is 0 Å². The van der Waals surface area contributed by atoms with Crippen LogP contribution in [0.15, 0.2) is 24.3 Å². The Labute approximate surface area is 180 Å². The summed E-state index contributed by atoms with van der Waals surface area (Å²) in [4.78, 5) is 0. The van der Waals surface area contributed by atoms with E-state index in [2.05, 4.69) is 0 Å². The summed E-state index contributed by atoms with van der Waals surface area (Å²) < 4.78 is 31.5. The van der Waals surface area contributed by atoms with Crippen LogP contribution in [0, 0.1) is 0 Å². The van der Waals surface area contributed by atoms with E-state index in [4.69, 9.17) is 28.4 Å². The van der Waals surface area contributed by atoms with Crippen molar-refractivity contribution in [3.8, 4) is 0 Å². The first-order valence-corrected chi connectivity index (χ1v) is 10.2. The third kappa shape index (κ3) is 10.8. The maximum absolute atomic E-state index is 10.7. The molecule has 2 atom stereocenters. The Balaban J connectivity index is 2.40. The summed E-state index contributed by atoms with van der Waals surface area (Å²) in [5.41, 5.74) is -0.885. The molecule has 2 unspecified atom stereocenters. The van der Waals surface area contributed by atoms with Gasteiger partial charge in [0, 0.05) is 14.2 Å². The largest absolute Gasteiger partial charge is 0.383 e. The van der Waals surface area contributed by atoms with Crippen LogP contribution in [0.1, 0.15) is 25.0 Å². The maximum atomic E-state index is 10.7. The van der Waals surface area contributed by atoms with E-state index < -0.39 is 11.2 Å². The lowest BCUT2D eigenvalue weighted by Gasteiger charge is -2.27. The minimum absolute atomic E-state index is 0.141. The first-order valence-electron chi connectivity index (χ1n) is 10.2. The van der Waals surface area contributed by atoms with E-state index in [1.165, 1.54) is 0 Å². The fraction of sp³-hybridized carbons (Fsp3) is 0.727. The van der Waals surface area contributed by atoms with Crippen molar-refractivity contribution in [2.24, 2.45) is 0 Å². The lowest BCUT2D eigenvalue weighted by molar-refractivity contribution is -0.0557. The van der Waals surface area contributed by atoms with Crippen LogP contribution in [-0.4, -0.2) is 90.5 Å². The van der Waals surface area contributed by atoms with E-state index >= 15 is 0 Å². The summed E-state index contributed by atoms with van der Waals surface area (Å²) in [6, 6.07) is 7.15. The number of methoxy groups -OCH3 is 2. The molecule has 1 aromatic carbocycles. The first kappa shape index (κ1) is 26.9. The summed E-state index contributed by atoms with van der Waals surface area (Å²) in [5, 5.41) is 21.4. The molecule has 0 amide bonds. The van der Waals surface area contributed by atoms with Gasteiger partial charge < -0.3 is 38.6 Å². The van der Waals surface area contributed by atoms with Crippen molar-refractivity contribution in [2.75, 3.05) is 80.3 Å². The molecular weight excluding hydrogens is 392 g/mol. The molecule has 8 nitrogen and oxygen atoms in total. The van der Waals surface area contributed by atoms with Gasteiger partial charge in [0.2, 0.25) is 0 Å². The van der Waals surface area contributed by atoms with Gasteiger partial charge in [-0.3, -0.25) is 0 Å². The van der Waals surface area contributed by atoms with Crippen LogP contribution in [0.5, 0.6) is 0 Å². The molecule has 1 aromatic rings. The van der Waals surface area contributed by atoms with E-state index in [-0.39, 0.29) is 13.2 Å². The van der Waals surface area contributed by atoms with Crippen LogP contribution >= 0.6 is 0 Å². The summed E-state index contributed by atoms with van der Waals surface area (Å²) in [6.07, 6.45) is 0. The lowest BCUT2D eigenvalue weighted by Crippen LogP contribution is -2.30. The number of hydrogen-bond donors (Lipinski definition) is 2. The fourth-order valence-electron chi connectivity index (χ4n) is 2.62. The number of benzene rings is 1. The smallest absolute Gasteiger partial charge is 0.110 e. The summed E-state index contributed by atoms with van der Waals surface area (Å²) >= 11 is 0. The number of aliphatic hydroxyl groups is 2. The SMILES string of the molecule is COCCOCCOCC(C)(O)c1ccc(C(C)(O)COCCOCCOC)cc1. The molecule has 0 aromatic heterocycles. The zero-order valence-electron chi connectivity index (χ0n) is 18.7. The van der Waals surface area contributed by atoms with Crippen molar-refractivity contribution < 1.29 is 38.6 Å². The molecule has 2 N–H and O–H groups in total. The summed E-state index contributed by atoms with van der Waals surface area (Å²) in [6.45, 7) is 7.45. The second-order valence-corrected chi connectivity index (χ2v) is 7.44. The van der Waals surface area contributed by atoms with Crippen molar-refractivity contribution >= 4 is 0 Å². The molecule has 174 valence electrons. The van der Waals surface area contributed by atoms with Crippen LogP contribution in [0.4, 0.5) is 0 Å². The molecule has 30 heavy (non-hydrogen) atoms. The van der Waals surface area contributed by atoms with Crippen LogP contribution in [0.3, 0.4) is 0 Å². The number of ether oxygens (including phenoxy) is 6. The highest BCUT2D eigenvalue weighted by Crippen LogP contribution is 2.26. The molecule has 0 fully saturated rings. The van der Waals surface area contributed by atoms with Gasteiger partial charge in [-0.2, -0.15) is 0 Å². The fourth-order valence-corrected chi connectivity index (χ4v) is 2.62. The third-order valence-corrected chi connectivity index (χ3v) is 4.50. The normalized spacial score (nSPS) is 15.7. The van der Waals surface area contributed by atoms with E-state index in [0.29, 0.717) is 64.0 Å². The molecule has 0 bridgehead atoms. The van der Waals surface area contributed by atoms with E-state index in [9.17, 15) is 10.2 Å². The standard InChI is InChI=1S/C22H38O8/c1-21(23,17-29-15-13-27-11-9-25-3)19-5-7-20(8-6-19)22(2,24)18-30-16-14-28-12-10-26-4/h5-8,23-24H,9-18H2,1-4H3. The van der Waals surface area contributed by atoms with Gasteiger partial charge in [0.15, 0.2) is 0 Å². The lowest BCUT2D eigenvalue weighted by atomic mass is 9.91. The van der Waals surface area contributed by atoms with Gasteiger partial charge in [-0.25, -0.2) is 0 Å². The maximum Gasteiger partial charge on any atom is 0.110 e. The molecule has 0 heterocycles. The molecular formula is C22H38O8. The predicted molar refractivity (Wildman–Crippen MR) is 113 cm³/mol. The average molecular weight is 431 g/mol. The van der Waals surface area contributed by atoms with Crippen molar-refractivity contribution in [3.63, 3.8) is 0 Å². The minimum Gasteiger partial charge on any atom is -0.383 e. The Kier molecular flexibility index (Phi) is 13.3. The van der Waals surface area contributed by atoms with Gasteiger partial charge >= 0.3 is 0 Å². The van der Waals surface area contributed by atoms with Crippen molar-refractivity contribution in [2.45, 2.75) is 25.0 Å². The molecule has 1 rings (SSSR count). The Morgan fingerprint density at radius 2 is 0.867 bits per heavy atom. The van der Waals surface area contributed by atoms with E-state index in [0.717, 1.165) is 0 Å². The average Bonchev–Trinajstić information content (AvgIpc) is 2.72. The predicted octanol–water partition coefficient (Wildman–Crippen LogP) is 1.46. The van der Waals surface area contributed by atoms with Crippen molar-refractivity contribution in [1.82, 2.24) is 0 Å². The number of hydrogen-bond acceptors (Lipinski definition) is 8. The van der Waals surface area contributed by atoms with Gasteiger partial charge in [-0.1, -0.05) is 24.3 Å². The molecule has 0 aliphatic heterocycles. The minimum atomic E-state index is -1.15. The topological polar surface area (TPSA) is 95.8 Å². The highest BCUT2D eigenvalue weighted by atomic mass is 16.5. The van der Waals surface area contributed by atoms with Crippen LogP contribution in [-0.2, 0) is 39.6 Å². The van der Waals surface area contributed by atoms with Gasteiger partial charge in [0.25, 0.3) is 0 Å². The monoisotopic (exact) mass is 430 g/mol. The second-order valence-electron chi connectivity index (χ2n) is 7.44. The first-order chi connectivity index (χ1) is 14.3. The van der Waals surface area contributed by atoms with E-state index in [1.54, 1.807) is 52.3 Å². The van der Waals surface area contributed by atoms with Gasteiger partial charge in [-0.05, 0) is 25.0 Å². The zero-order chi connectivity index (χ0) is 22.3. The molecule has 0 saturated heterocycles. The van der Waals surface area contributed by atoms with Crippen molar-refractivity contribution in [3.05, 3.63) is 35.4 Å². The van der Waals surface area contributed by atoms with Crippen LogP contribution in [0.25, 0.3) is 0 Å². The zero-order valence-corrected chi connectivity index (χ0v) is 18.7. The van der Waals surface area contributed by atoms with E-state index in [1.807, 2.05) is 0 Å². The molecule has 0 aliphatic carbocycles. The van der Waals surface area contributed by atoms with Gasteiger partial charge in [0.1, 0.15) is 11.2 Å². The summed E-state index contributed by atoms with van der Waals surface area (Å²) in [7, 11) is 3.24. The quantitative estimate of drug-likeness (QED) is 0.338. The summed E-state index contributed by atoms with van der Waals surface area (Å²) in [5.74, 6) is 0. The van der Waals surface area contributed by atoms with Crippen LogP contribution < -0.4 is 0 Å². The molecule has 0 saturated carbocycles. The molecule has 0 spiro atoms. The van der Waals surface area contributed by atoms with Gasteiger partial charge in [0.05, 0.1) is 66.1 Å². The third-order valence-electron chi connectivity index (χ3n) is 4.50. The highest BCUT2D eigenvalue weighted by Gasteiger charge is 2.27. The molecule has 0 radical (unpaired) electrons.